The molecule has 4 saturated carbocycles. The summed E-state index contributed by atoms with van der Waals surface area (Å²) in [6, 6.07) is 8.27. The van der Waals surface area contributed by atoms with Crippen LogP contribution in [-0.2, 0) is 15.7 Å². The molecule has 4 aliphatic carbocycles. The van der Waals surface area contributed by atoms with Crippen LogP contribution in [0.2, 0.25) is 0 Å². The van der Waals surface area contributed by atoms with E-state index >= 15 is 0 Å². The maximum absolute atomic E-state index is 13.2. The minimum atomic E-state index is -0.109. The van der Waals surface area contributed by atoms with E-state index in [0.717, 1.165) is 30.9 Å². The minimum Gasteiger partial charge on any atom is -0.486 e. The number of carbonyl (C=O) groups excluding carboxylic acids is 1. The molecule has 4 bridgehead atoms. The van der Waals surface area contributed by atoms with Crippen molar-refractivity contribution in [2.45, 2.75) is 57.3 Å². The molecule has 4 aliphatic rings. The van der Waals surface area contributed by atoms with E-state index in [-0.39, 0.29) is 22.9 Å². The summed E-state index contributed by atoms with van der Waals surface area (Å²) < 4.78 is 5.91. The standard InChI is InChI=1S/C22H31O2S/c1-20-9-16-10-21(2,13-20)15-22(11-16,14-20)19(23)12-24-17-5-7-18(8-6-17)25(3)4/h5-8,16H,9-15H2,1-4H3/q+1. The highest BCUT2D eigenvalue weighted by atomic mass is 32.2. The number of Topliss-reactive ketones (excluding diaryl/α,β-unsaturated/α-hetero) is 1. The van der Waals surface area contributed by atoms with Gasteiger partial charge in [-0.3, -0.25) is 4.79 Å². The zero-order valence-electron chi connectivity index (χ0n) is 16.1. The second-order valence-electron chi connectivity index (χ2n) is 9.91. The highest BCUT2D eigenvalue weighted by molar-refractivity contribution is 7.95. The normalized spacial score (nSPS) is 39.0. The highest BCUT2D eigenvalue weighted by Crippen LogP contribution is 2.69. The molecule has 3 heteroatoms. The topological polar surface area (TPSA) is 26.3 Å². The third-order valence-corrected chi connectivity index (χ3v) is 8.10. The molecule has 1 aromatic rings. The maximum atomic E-state index is 13.2. The van der Waals surface area contributed by atoms with E-state index < -0.39 is 0 Å². The first-order valence-corrected chi connectivity index (χ1v) is 11.6. The van der Waals surface area contributed by atoms with Gasteiger partial charge in [-0.2, -0.15) is 0 Å². The van der Waals surface area contributed by atoms with Crippen molar-refractivity contribution in [1.29, 1.82) is 0 Å². The number of hydrogen-bond donors (Lipinski definition) is 0. The van der Waals surface area contributed by atoms with Crippen LogP contribution in [0.4, 0.5) is 0 Å². The zero-order chi connectivity index (χ0) is 17.9. The Morgan fingerprint density at radius 3 is 2.16 bits per heavy atom. The average molecular weight is 360 g/mol. The molecule has 25 heavy (non-hydrogen) atoms. The second-order valence-corrected chi connectivity index (χ2v) is 12.0. The smallest absolute Gasteiger partial charge is 0.176 e. The Kier molecular flexibility index (Phi) is 4.03. The zero-order valence-corrected chi connectivity index (χ0v) is 16.9. The lowest BCUT2D eigenvalue weighted by Gasteiger charge is -2.64. The maximum Gasteiger partial charge on any atom is 0.176 e. The van der Waals surface area contributed by atoms with Crippen molar-refractivity contribution in [3.8, 4) is 5.75 Å². The van der Waals surface area contributed by atoms with E-state index in [1.165, 1.54) is 24.2 Å². The first-order chi connectivity index (χ1) is 11.7. The molecule has 0 spiro atoms. The van der Waals surface area contributed by atoms with E-state index in [1.54, 1.807) is 0 Å². The molecular formula is C22H31O2S+. The Hall–Kier alpha value is -0.960. The van der Waals surface area contributed by atoms with Gasteiger partial charge in [0.05, 0.1) is 0 Å². The van der Waals surface area contributed by atoms with Gasteiger partial charge < -0.3 is 4.74 Å². The van der Waals surface area contributed by atoms with Crippen molar-refractivity contribution in [2.75, 3.05) is 19.1 Å². The molecule has 2 unspecified atom stereocenters. The number of ketones is 1. The molecule has 2 nitrogen and oxygen atoms in total. The Bertz CT molecular complexity index is 660. The van der Waals surface area contributed by atoms with Crippen LogP contribution >= 0.6 is 0 Å². The van der Waals surface area contributed by atoms with Gasteiger partial charge in [0, 0.05) is 16.3 Å². The van der Waals surface area contributed by atoms with Crippen LogP contribution < -0.4 is 4.74 Å². The minimum absolute atomic E-state index is 0.109. The molecule has 0 heterocycles. The summed E-state index contributed by atoms with van der Waals surface area (Å²) >= 11 is 0. The summed E-state index contributed by atoms with van der Waals surface area (Å²) in [5, 5.41) is 0. The molecule has 1 aromatic carbocycles. The molecule has 0 radical (unpaired) electrons. The largest absolute Gasteiger partial charge is 0.486 e. The lowest BCUT2D eigenvalue weighted by atomic mass is 9.39. The Morgan fingerprint density at radius 1 is 1.04 bits per heavy atom. The molecule has 0 N–H and O–H groups in total. The van der Waals surface area contributed by atoms with Gasteiger partial charge in [-0.15, -0.1) is 0 Å². The molecule has 5 rings (SSSR count). The molecule has 0 saturated heterocycles. The number of rotatable bonds is 5. The molecule has 136 valence electrons. The summed E-state index contributed by atoms with van der Waals surface area (Å²) in [6.07, 6.45) is 11.7. The summed E-state index contributed by atoms with van der Waals surface area (Å²) in [5.41, 5.74) is 0.648. The fourth-order valence-electron chi connectivity index (χ4n) is 6.87. The molecule has 2 atom stereocenters. The Labute approximate surface area is 155 Å². The van der Waals surface area contributed by atoms with Crippen molar-refractivity contribution in [1.82, 2.24) is 0 Å². The van der Waals surface area contributed by atoms with Crippen LogP contribution in [0.15, 0.2) is 29.2 Å². The molecule has 0 amide bonds. The van der Waals surface area contributed by atoms with Gasteiger partial charge in [0.25, 0.3) is 0 Å². The van der Waals surface area contributed by atoms with Gasteiger partial charge in [-0.25, -0.2) is 0 Å². The van der Waals surface area contributed by atoms with Crippen molar-refractivity contribution < 1.29 is 9.53 Å². The average Bonchev–Trinajstić information content (AvgIpc) is 2.49. The van der Waals surface area contributed by atoms with Crippen LogP contribution in [0, 0.1) is 22.2 Å². The van der Waals surface area contributed by atoms with Crippen LogP contribution in [0.1, 0.15) is 52.4 Å². The van der Waals surface area contributed by atoms with Crippen LogP contribution in [0.5, 0.6) is 5.75 Å². The van der Waals surface area contributed by atoms with Crippen LogP contribution in [-0.4, -0.2) is 24.9 Å². The monoisotopic (exact) mass is 359 g/mol. The van der Waals surface area contributed by atoms with E-state index in [4.69, 9.17) is 4.74 Å². The number of ether oxygens (including phenoxy) is 1. The van der Waals surface area contributed by atoms with Crippen molar-refractivity contribution in [3.05, 3.63) is 24.3 Å². The summed E-state index contributed by atoms with van der Waals surface area (Å²) in [5.74, 6) is 1.93. The second kappa shape index (κ2) is 5.77. The van der Waals surface area contributed by atoms with Crippen molar-refractivity contribution >= 4 is 16.7 Å². The van der Waals surface area contributed by atoms with Gasteiger partial charge in [0.2, 0.25) is 0 Å². The number of carbonyl (C=O) groups is 1. The van der Waals surface area contributed by atoms with Gasteiger partial charge in [0.1, 0.15) is 24.9 Å². The Morgan fingerprint density at radius 2 is 1.64 bits per heavy atom. The van der Waals surface area contributed by atoms with E-state index in [0.29, 0.717) is 16.6 Å². The number of benzene rings is 1. The van der Waals surface area contributed by atoms with Crippen molar-refractivity contribution in [2.24, 2.45) is 22.2 Å². The van der Waals surface area contributed by atoms with E-state index in [9.17, 15) is 4.79 Å². The fourth-order valence-corrected chi connectivity index (χ4v) is 7.55. The SMILES string of the molecule is C[S+](C)c1ccc(OCC(=O)C23CC4CC(C)(CC(C)(C4)C2)C3)cc1. The highest BCUT2D eigenvalue weighted by Gasteiger charge is 2.62. The first-order valence-electron chi connectivity index (χ1n) is 9.55. The van der Waals surface area contributed by atoms with Gasteiger partial charge in [-0.05, 0) is 79.5 Å². The predicted octanol–water partition coefficient (Wildman–Crippen LogP) is 4.87. The van der Waals surface area contributed by atoms with Gasteiger partial charge in [0.15, 0.2) is 10.7 Å². The third kappa shape index (κ3) is 3.13. The summed E-state index contributed by atoms with van der Waals surface area (Å²) in [6.45, 7) is 5.08. The van der Waals surface area contributed by atoms with E-state index in [1.807, 2.05) is 12.1 Å². The summed E-state index contributed by atoms with van der Waals surface area (Å²) in [7, 11) is 0.261. The molecule has 4 fully saturated rings. The lowest BCUT2D eigenvalue weighted by molar-refractivity contribution is -0.169. The third-order valence-electron chi connectivity index (χ3n) is 6.88. The van der Waals surface area contributed by atoms with Gasteiger partial charge >= 0.3 is 0 Å². The molecule has 0 aromatic heterocycles. The first kappa shape index (κ1) is 17.5. The number of hydrogen-bond acceptors (Lipinski definition) is 2. The van der Waals surface area contributed by atoms with Crippen molar-refractivity contribution in [3.63, 3.8) is 0 Å². The molecule has 0 aliphatic heterocycles. The van der Waals surface area contributed by atoms with Gasteiger partial charge in [-0.1, -0.05) is 13.8 Å². The van der Waals surface area contributed by atoms with Crippen LogP contribution in [0.25, 0.3) is 0 Å². The van der Waals surface area contributed by atoms with E-state index in [2.05, 4.69) is 38.5 Å². The fraction of sp³-hybridized carbons (Fsp3) is 0.682. The lowest BCUT2D eigenvalue weighted by Crippen LogP contribution is -2.58. The van der Waals surface area contributed by atoms with Crippen LogP contribution in [0.3, 0.4) is 0 Å². The predicted molar refractivity (Wildman–Crippen MR) is 104 cm³/mol. The Balaban J connectivity index is 1.46. The molecular weight excluding hydrogens is 328 g/mol. The summed E-state index contributed by atoms with van der Waals surface area (Å²) in [4.78, 5) is 14.5. The quantitative estimate of drug-likeness (QED) is 0.701.